The third-order valence-corrected chi connectivity index (χ3v) is 8.66. The molecule has 0 spiro atoms. The number of nitrogens with two attached hydrogens (primary N) is 2. The fourth-order valence-electron chi connectivity index (χ4n) is 6.42. The standard InChI is InChI=1S/C39H30N4O4/c40-27-15-9-23(10-16-27)37(46)42-33-19-13-25(21-35(33)44)39(31-7-3-1-5-29(31)30-6-2-4-8-32(30)39)26-14-20-34(36(45)22-26)43-38(47)24-11-17-28(41)18-12-24/h1-22,44-45H,40-41H2,(H,42,46)(H,43,47). The van der Waals surface area contributed by atoms with Crippen LogP contribution in [0.15, 0.2) is 133 Å². The molecule has 0 fully saturated rings. The second-order valence-corrected chi connectivity index (χ2v) is 11.5. The molecule has 8 N–H and O–H groups in total. The number of anilines is 4. The molecule has 1 aliphatic carbocycles. The molecule has 230 valence electrons. The van der Waals surface area contributed by atoms with Crippen LogP contribution in [0.25, 0.3) is 11.1 Å². The Bertz CT molecular complexity index is 2020. The average molecular weight is 619 g/mol. The Morgan fingerprint density at radius 1 is 0.511 bits per heavy atom. The summed E-state index contributed by atoms with van der Waals surface area (Å²) in [4.78, 5) is 25.9. The molecular formula is C39H30N4O4. The monoisotopic (exact) mass is 618 g/mol. The number of carbonyl (C=O) groups is 2. The highest BCUT2D eigenvalue weighted by Gasteiger charge is 2.46. The topological polar surface area (TPSA) is 151 Å². The number of amides is 2. The van der Waals surface area contributed by atoms with Crippen molar-refractivity contribution < 1.29 is 19.8 Å². The molecule has 2 amide bonds. The summed E-state index contributed by atoms with van der Waals surface area (Å²) in [6.45, 7) is 0. The van der Waals surface area contributed by atoms with Gasteiger partial charge in [-0.15, -0.1) is 0 Å². The number of nitrogens with one attached hydrogen (secondary N) is 2. The number of carbonyl (C=O) groups excluding carboxylic acids is 2. The molecule has 0 atom stereocenters. The van der Waals surface area contributed by atoms with E-state index in [1.165, 1.54) is 0 Å². The Hall–Kier alpha value is -6.54. The highest BCUT2D eigenvalue weighted by Crippen LogP contribution is 2.57. The Kier molecular flexibility index (Phi) is 7.10. The van der Waals surface area contributed by atoms with Crippen LogP contribution in [0.2, 0.25) is 0 Å². The molecule has 0 saturated heterocycles. The molecule has 7 rings (SSSR count). The zero-order valence-electron chi connectivity index (χ0n) is 25.1. The molecule has 0 unspecified atom stereocenters. The van der Waals surface area contributed by atoms with Crippen LogP contribution in [-0.2, 0) is 5.41 Å². The molecule has 0 bridgehead atoms. The SMILES string of the molecule is Nc1ccc(C(=O)Nc2ccc(C3(c4ccc(NC(=O)c5ccc(N)cc5)c(O)c4)c4ccccc4-c4ccccc43)cc2O)cc1. The molecule has 6 aromatic carbocycles. The van der Waals surface area contributed by atoms with Gasteiger partial charge in [-0.05, 0) is 106 Å². The van der Waals surface area contributed by atoms with Gasteiger partial charge in [0, 0.05) is 22.5 Å². The predicted molar refractivity (Wildman–Crippen MR) is 185 cm³/mol. The summed E-state index contributed by atoms with van der Waals surface area (Å²) in [7, 11) is 0. The first kappa shape index (κ1) is 29.2. The van der Waals surface area contributed by atoms with Crippen molar-refractivity contribution in [1.82, 2.24) is 0 Å². The molecular weight excluding hydrogens is 588 g/mol. The normalized spacial score (nSPS) is 12.5. The van der Waals surface area contributed by atoms with Gasteiger partial charge in [0.15, 0.2) is 0 Å². The molecule has 0 saturated carbocycles. The minimum absolute atomic E-state index is 0.121. The van der Waals surface area contributed by atoms with Gasteiger partial charge in [-0.3, -0.25) is 9.59 Å². The van der Waals surface area contributed by atoms with E-state index in [9.17, 15) is 19.8 Å². The van der Waals surface area contributed by atoms with Crippen LogP contribution in [-0.4, -0.2) is 22.0 Å². The van der Waals surface area contributed by atoms with Crippen molar-refractivity contribution in [3.8, 4) is 22.6 Å². The predicted octanol–water partition coefficient (Wildman–Crippen LogP) is 7.13. The first-order valence-corrected chi connectivity index (χ1v) is 15.0. The summed E-state index contributed by atoms with van der Waals surface area (Å²) >= 11 is 0. The lowest BCUT2D eigenvalue weighted by Gasteiger charge is -2.34. The zero-order valence-corrected chi connectivity index (χ0v) is 25.1. The van der Waals surface area contributed by atoms with Gasteiger partial charge in [0.2, 0.25) is 0 Å². The highest BCUT2D eigenvalue weighted by atomic mass is 16.3. The second-order valence-electron chi connectivity index (χ2n) is 11.5. The van der Waals surface area contributed by atoms with Crippen LogP contribution in [0.3, 0.4) is 0 Å². The van der Waals surface area contributed by atoms with Crippen LogP contribution < -0.4 is 22.1 Å². The number of nitrogen functional groups attached to an aromatic ring is 2. The summed E-state index contributed by atoms with van der Waals surface area (Å²) in [6.07, 6.45) is 0. The molecule has 8 heteroatoms. The summed E-state index contributed by atoms with van der Waals surface area (Å²) in [5, 5.41) is 28.2. The van der Waals surface area contributed by atoms with E-state index in [0.29, 0.717) is 22.5 Å². The van der Waals surface area contributed by atoms with E-state index in [1.54, 1.807) is 72.8 Å². The Labute approximate surface area is 270 Å². The molecule has 0 aliphatic heterocycles. The number of fused-ring (bicyclic) bond motifs is 3. The van der Waals surface area contributed by atoms with Crippen molar-refractivity contribution in [2.75, 3.05) is 22.1 Å². The van der Waals surface area contributed by atoms with E-state index in [4.69, 9.17) is 11.5 Å². The Morgan fingerprint density at radius 3 is 1.28 bits per heavy atom. The zero-order chi connectivity index (χ0) is 32.7. The van der Waals surface area contributed by atoms with Crippen molar-refractivity contribution in [2.45, 2.75) is 5.41 Å². The summed E-state index contributed by atoms with van der Waals surface area (Å²) in [5.74, 6) is -1.02. The number of hydrogen-bond donors (Lipinski definition) is 6. The molecule has 0 aromatic heterocycles. The molecule has 1 aliphatic rings. The van der Waals surface area contributed by atoms with Crippen molar-refractivity contribution in [3.05, 3.63) is 167 Å². The van der Waals surface area contributed by atoms with Gasteiger partial charge in [0.25, 0.3) is 11.8 Å². The molecule has 6 aromatic rings. The first-order valence-electron chi connectivity index (χ1n) is 15.0. The third kappa shape index (κ3) is 4.98. The lowest BCUT2D eigenvalue weighted by molar-refractivity contribution is 0.101. The second kappa shape index (κ2) is 11.4. The van der Waals surface area contributed by atoms with Crippen molar-refractivity contribution in [3.63, 3.8) is 0 Å². The van der Waals surface area contributed by atoms with Crippen LogP contribution in [0.1, 0.15) is 43.0 Å². The van der Waals surface area contributed by atoms with Gasteiger partial charge >= 0.3 is 0 Å². The smallest absolute Gasteiger partial charge is 0.255 e. The van der Waals surface area contributed by atoms with Gasteiger partial charge in [0.1, 0.15) is 11.5 Å². The fourth-order valence-corrected chi connectivity index (χ4v) is 6.42. The van der Waals surface area contributed by atoms with Crippen molar-refractivity contribution in [1.29, 1.82) is 0 Å². The number of aromatic hydroxyl groups is 2. The lowest BCUT2D eigenvalue weighted by atomic mass is 9.67. The highest BCUT2D eigenvalue weighted by molar-refractivity contribution is 6.06. The van der Waals surface area contributed by atoms with E-state index < -0.39 is 5.41 Å². The first-order chi connectivity index (χ1) is 22.8. The Balaban J connectivity index is 1.33. The molecule has 0 radical (unpaired) electrons. The minimum atomic E-state index is -0.957. The average Bonchev–Trinajstić information content (AvgIpc) is 3.38. The number of benzene rings is 6. The number of phenols is 2. The minimum Gasteiger partial charge on any atom is -0.506 e. The fraction of sp³-hybridized carbons (Fsp3) is 0.0256. The number of hydrogen-bond acceptors (Lipinski definition) is 6. The summed E-state index contributed by atoms with van der Waals surface area (Å²) < 4.78 is 0. The van der Waals surface area contributed by atoms with E-state index in [0.717, 1.165) is 33.4 Å². The van der Waals surface area contributed by atoms with E-state index in [2.05, 4.69) is 22.8 Å². The van der Waals surface area contributed by atoms with Crippen LogP contribution in [0.4, 0.5) is 22.7 Å². The Morgan fingerprint density at radius 2 is 0.894 bits per heavy atom. The van der Waals surface area contributed by atoms with Crippen LogP contribution >= 0.6 is 0 Å². The van der Waals surface area contributed by atoms with Gasteiger partial charge in [-0.25, -0.2) is 0 Å². The quantitative estimate of drug-likeness (QED) is 0.0862. The molecule has 47 heavy (non-hydrogen) atoms. The van der Waals surface area contributed by atoms with Crippen LogP contribution in [0, 0.1) is 0 Å². The van der Waals surface area contributed by atoms with Gasteiger partial charge < -0.3 is 32.3 Å². The number of phenolic OH excluding ortho intramolecular Hbond substituents is 2. The van der Waals surface area contributed by atoms with Gasteiger partial charge in [-0.2, -0.15) is 0 Å². The van der Waals surface area contributed by atoms with E-state index in [1.807, 2.05) is 48.5 Å². The van der Waals surface area contributed by atoms with Gasteiger partial charge in [-0.1, -0.05) is 60.7 Å². The van der Waals surface area contributed by atoms with Crippen molar-refractivity contribution >= 4 is 34.6 Å². The lowest BCUT2D eigenvalue weighted by Crippen LogP contribution is -2.28. The van der Waals surface area contributed by atoms with Gasteiger partial charge in [0.05, 0.1) is 16.8 Å². The molecule has 0 heterocycles. The van der Waals surface area contributed by atoms with Crippen LogP contribution in [0.5, 0.6) is 11.5 Å². The maximum atomic E-state index is 13.0. The maximum absolute atomic E-state index is 13.0. The summed E-state index contributed by atoms with van der Waals surface area (Å²) in [5.41, 5.74) is 18.3. The largest absolute Gasteiger partial charge is 0.506 e. The van der Waals surface area contributed by atoms with E-state index in [-0.39, 0.29) is 34.7 Å². The third-order valence-electron chi connectivity index (χ3n) is 8.66. The molecule has 8 nitrogen and oxygen atoms in total. The van der Waals surface area contributed by atoms with Crippen molar-refractivity contribution in [2.24, 2.45) is 0 Å². The maximum Gasteiger partial charge on any atom is 0.255 e. The number of rotatable bonds is 6. The van der Waals surface area contributed by atoms with E-state index >= 15 is 0 Å². The summed E-state index contributed by atoms with van der Waals surface area (Å²) in [6, 6.07) is 39.5.